The molecule has 0 bridgehead atoms. The van der Waals surface area contributed by atoms with Crippen LogP contribution in [0.25, 0.3) is 0 Å². The number of rotatable bonds is 3. The van der Waals surface area contributed by atoms with E-state index in [4.69, 9.17) is 11.6 Å². The van der Waals surface area contributed by atoms with E-state index in [0.717, 1.165) is 5.56 Å². The van der Waals surface area contributed by atoms with Gasteiger partial charge in [0.1, 0.15) is 0 Å². The van der Waals surface area contributed by atoms with Crippen LogP contribution in [0.2, 0.25) is 5.02 Å². The van der Waals surface area contributed by atoms with Crippen LogP contribution in [0.5, 0.6) is 0 Å². The maximum Gasteiger partial charge on any atom is 0.193 e. The van der Waals surface area contributed by atoms with Crippen LogP contribution in [0, 0.1) is 0 Å². The summed E-state index contributed by atoms with van der Waals surface area (Å²) in [4.78, 5) is 12.8. The number of allylic oxidation sites excluding steroid dienone is 4. The number of ketones is 1. The van der Waals surface area contributed by atoms with Crippen molar-refractivity contribution in [3.8, 4) is 0 Å². The van der Waals surface area contributed by atoms with Gasteiger partial charge in [-0.3, -0.25) is 4.79 Å². The van der Waals surface area contributed by atoms with Gasteiger partial charge in [-0.2, -0.15) is 0 Å². The first kappa shape index (κ1) is 13.8. The van der Waals surface area contributed by atoms with Gasteiger partial charge in [0, 0.05) is 22.1 Å². The quantitative estimate of drug-likeness (QED) is 0.714. The fourth-order valence-corrected chi connectivity index (χ4v) is 2.78. The minimum Gasteiger partial charge on any atom is -0.289 e. The standard InChI is InChI=1S/C19H15ClO/c1-13-7-8-15(11-13)17-10-9-16(20)12-18(17)19(21)14-5-3-2-4-6-14/h2-12,15H,1H3. The fraction of sp³-hybridized carbons (Fsp3) is 0.105. The largest absolute Gasteiger partial charge is 0.289 e. The molecule has 0 saturated heterocycles. The van der Waals surface area contributed by atoms with Crippen LogP contribution in [-0.4, -0.2) is 5.78 Å². The van der Waals surface area contributed by atoms with E-state index in [1.54, 1.807) is 6.07 Å². The molecule has 0 radical (unpaired) electrons. The third-order valence-electron chi connectivity index (χ3n) is 3.66. The van der Waals surface area contributed by atoms with E-state index in [2.05, 4.69) is 25.2 Å². The van der Waals surface area contributed by atoms with Crippen molar-refractivity contribution in [2.75, 3.05) is 0 Å². The number of carbonyl (C=O) groups is 1. The Morgan fingerprint density at radius 1 is 1.10 bits per heavy atom. The Morgan fingerprint density at radius 3 is 2.52 bits per heavy atom. The van der Waals surface area contributed by atoms with Gasteiger partial charge in [-0.1, -0.05) is 71.8 Å². The Bertz CT molecular complexity index is 741. The summed E-state index contributed by atoms with van der Waals surface area (Å²) in [6.07, 6.45) is 6.35. The van der Waals surface area contributed by atoms with E-state index in [9.17, 15) is 4.79 Å². The van der Waals surface area contributed by atoms with Gasteiger partial charge in [0.05, 0.1) is 0 Å². The molecule has 0 saturated carbocycles. The number of carbonyl (C=O) groups excluding carboxylic acids is 1. The van der Waals surface area contributed by atoms with E-state index in [1.807, 2.05) is 42.5 Å². The molecule has 0 fully saturated rings. The van der Waals surface area contributed by atoms with Crippen molar-refractivity contribution in [1.82, 2.24) is 0 Å². The highest BCUT2D eigenvalue weighted by atomic mass is 35.5. The smallest absolute Gasteiger partial charge is 0.193 e. The van der Waals surface area contributed by atoms with Crippen LogP contribution < -0.4 is 0 Å². The number of benzene rings is 2. The van der Waals surface area contributed by atoms with Gasteiger partial charge in [0.15, 0.2) is 5.78 Å². The molecule has 104 valence electrons. The third kappa shape index (κ3) is 2.84. The molecule has 0 N–H and O–H groups in total. The van der Waals surface area contributed by atoms with Gasteiger partial charge in [0.2, 0.25) is 0 Å². The molecule has 0 amide bonds. The first-order valence-corrected chi connectivity index (χ1v) is 7.29. The molecular weight excluding hydrogens is 280 g/mol. The maximum atomic E-state index is 12.8. The van der Waals surface area contributed by atoms with Gasteiger partial charge in [-0.25, -0.2) is 0 Å². The van der Waals surface area contributed by atoms with E-state index >= 15 is 0 Å². The van der Waals surface area contributed by atoms with Crippen molar-refractivity contribution in [2.24, 2.45) is 0 Å². The Morgan fingerprint density at radius 2 is 1.86 bits per heavy atom. The predicted octanol–water partition coefficient (Wildman–Crippen LogP) is 5.17. The summed E-state index contributed by atoms with van der Waals surface area (Å²) in [6, 6.07) is 14.9. The zero-order valence-electron chi connectivity index (χ0n) is 11.7. The second-order valence-electron chi connectivity index (χ2n) is 5.22. The van der Waals surface area contributed by atoms with Crippen LogP contribution in [0.15, 0.2) is 72.3 Å². The van der Waals surface area contributed by atoms with Gasteiger partial charge in [-0.15, -0.1) is 0 Å². The fourth-order valence-electron chi connectivity index (χ4n) is 2.60. The number of hydrogen-bond donors (Lipinski definition) is 0. The van der Waals surface area contributed by atoms with Crippen molar-refractivity contribution in [1.29, 1.82) is 0 Å². The summed E-state index contributed by atoms with van der Waals surface area (Å²) in [6.45, 7) is 2.06. The van der Waals surface area contributed by atoms with Crippen LogP contribution in [0.4, 0.5) is 0 Å². The predicted molar refractivity (Wildman–Crippen MR) is 87.0 cm³/mol. The maximum absolute atomic E-state index is 12.8. The summed E-state index contributed by atoms with van der Waals surface area (Å²) >= 11 is 6.10. The molecule has 2 heteroatoms. The van der Waals surface area contributed by atoms with Crippen molar-refractivity contribution < 1.29 is 4.79 Å². The minimum absolute atomic E-state index is 0.0134. The summed E-state index contributed by atoms with van der Waals surface area (Å²) in [5.41, 5.74) is 3.58. The molecule has 21 heavy (non-hydrogen) atoms. The highest BCUT2D eigenvalue weighted by Gasteiger charge is 2.19. The molecule has 0 spiro atoms. The number of hydrogen-bond acceptors (Lipinski definition) is 1. The molecular formula is C19H15ClO. The Kier molecular flexibility index (Phi) is 3.76. The van der Waals surface area contributed by atoms with E-state index < -0.39 is 0 Å². The molecule has 0 aromatic heterocycles. The monoisotopic (exact) mass is 294 g/mol. The van der Waals surface area contributed by atoms with Crippen LogP contribution in [0.1, 0.15) is 34.3 Å². The summed E-state index contributed by atoms with van der Waals surface area (Å²) in [5.74, 6) is 0.157. The molecule has 2 aromatic carbocycles. The van der Waals surface area contributed by atoms with Crippen LogP contribution in [0.3, 0.4) is 0 Å². The first-order valence-electron chi connectivity index (χ1n) is 6.91. The van der Waals surface area contributed by atoms with Gasteiger partial charge in [-0.05, 0) is 24.6 Å². The summed E-state index contributed by atoms with van der Waals surface area (Å²) in [7, 11) is 0. The second kappa shape index (κ2) is 5.71. The first-order chi connectivity index (χ1) is 10.1. The molecule has 2 aromatic rings. The van der Waals surface area contributed by atoms with Crippen molar-refractivity contribution in [3.05, 3.63) is 94.0 Å². The zero-order valence-corrected chi connectivity index (χ0v) is 12.5. The van der Waals surface area contributed by atoms with Crippen LogP contribution >= 0.6 is 11.6 Å². The van der Waals surface area contributed by atoms with Crippen molar-refractivity contribution in [2.45, 2.75) is 12.8 Å². The van der Waals surface area contributed by atoms with Crippen molar-refractivity contribution in [3.63, 3.8) is 0 Å². The van der Waals surface area contributed by atoms with Crippen molar-refractivity contribution >= 4 is 17.4 Å². The Hall–Kier alpha value is -2.12. The minimum atomic E-state index is 0.0134. The second-order valence-corrected chi connectivity index (χ2v) is 5.66. The summed E-state index contributed by atoms with van der Waals surface area (Å²) < 4.78 is 0. The lowest BCUT2D eigenvalue weighted by Gasteiger charge is -2.13. The zero-order chi connectivity index (χ0) is 14.8. The molecule has 1 aliphatic rings. The Balaban J connectivity index is 2.07. The lowest BCUT2D eigenvalue weighted by molar-refractivity contribution is 0.103. The molecule has 3 rings (SSSR count). The molecule has 0 heterocycles. The van der Waals surface area contributed by atoms with Gasteiger partial charge < -0.3 is 0 Å². The summed E-state index contributed by atoms with van der Waals surface area (Å²) in [5, 5.41) is 0.584. The average Bonchev–Trinajstić information content (AvgIpc) is 2.93. The van der Waals surface area contributed by atoms with Crippen LogP contribution in [-0.2, 0) is 0 Å². The van der Waals surface area contributed by atoms with E-state index in [1.165, 1.54) is 5.57 Å². The topological polar surface area (TPSA) is 17.1 Å². The SMILES string of the molecule is CC1=CC(c2ccc(Cl)cc2C(=O)c2ccccc2)C=C1. The molecule has 1 atom stereocenters. The molecule has 1 unspecified atom stereocenters. The third-order valence-corrected chi connectivity index (χ3v) is 3.90. The average molecular weight is 295 g/mol. The lowest BCUT2D eigenvalue weighted by atomic mass is 9.91. The highest BCUT2D eigenvalue weighted by molar-refractivity contribution is 6.31. The number of halogens is 1. The Labute approximate surface area is 129 Å². The highest BCUT2D eigenvalue weighted by Crippen LogP contribution is 2.31. The van der Waals surface area contributed by atoms with E-state index in [-0.39, 0.29) is 11.7 Å². The molecule has 0 aliphatic heterocycles. The lowest BCUT2D eigenvalue weighted by Crippen LogP contribution is -2.07. The van der Waals surface area contributed by atoms with Gasteiger partial charge >= 0.3 is 0 Å². The van der Waals surface area contributed by atoms with E-state index in [0.29, 0.717) is 16.1 Å². The normalized spacial score (nSPS) is 16.9. The van der Waals surface area contributed by atoms with Gasteiger partial charge in [0.25, 0.3) is 0 Å². The molecule has 1 nitrogen and oxygen atoms in total. The molecule has 1 aliphatic carbocycles.